The predicted molar refractivity (Wildman–Crippen MR) is 85.3 cm³/mol. The molecule has 0 unspecified atom stereocenters. The molecule has 0 aliphatic heterocycles. The molecular weight excluding hydrogens is 340 g/mol. The highest BCUT2D eigenvalue weighted by molar-refractivity contribution is 6.32. The van der Waals surface area contributed by atoms with Gasteiger partial charge in [-0.05, 0) is 43.9 Å². The second kappa shape index (κ2) is 7.05. The van der Waals surface area contributed by atoms with E-state index in [4.69, 9.17) is 11.6 Å². The number of alkyl halides is 2. The van der Waals surface area contributed by atoms with E-state index in [-0.39, 0.29) is 34.4 Å². The number of anilines is 1. The summed E-state index contributed by atoms with van der Waals surface area (Å²) >= 11 is 5.89. The van der Waals surface area contributed by atoms with E-state index in [2.05, 4.69) is 10.1 Å². The van der Waals surface area contributed by atoms with Crippen molar-refractivity contribution in [3.05, 3.63) is 23.2 Å². The summed E-state index contributed by atoms with van der Waals surface area (Å²) in [6.07, 6.45) is 3.95. The third-order valence-electron chi connectivity index (χ3n) is 4.83. The van der Waals surface area contributed by atoms with Gasteiger partial charge in [0.25, 0.3) is 0 Å². The molecule has 0 radical (unpaired) electrons. The quantitative estimate of drug-likeness (QED) is 0.875. The van der Waals surface area contributed by atoms with Crippen LogP contribution >= 0.6 is 11.6 Å². The van der Waals surface area contributed by atoms with Gasteiger partial charge < -0.3 is 10.1 Å². The zero-order valence-corrected chi connectivity index (χ0v) is 13.7. The number of fused-ring (bicyclic) bond motifs is 2. The van der Waals surface area contributed by atoms with Crippen LogP contribution in [-0.2, 0) is 9.59 Å². The molecule has 2 bridgehead atoms. The van der Waals surface area contributed by atoms with Crippen LogP contribution in [0.1, 0.15) is 32.1 Å². The van der Waals surface area contributed by atoms with E-state index in [1.165, 1.54) is 18.2 Å². The van der Waals surface area contributed by atoms with Crippen molar-refractivity contribution in [3.8, 4) is 5.75 Å². The summed E-state index contributed by atoms with van der Waals surface area (Å²) in [5.74, 6) is -0.187. The monoisotopic (exact) mass is 357 g/mol. The van der Waals surface area contributed by atoms with Gasteiger partial charge in [-0.3, -0.25) is 9.59 Å². The van der Waals surface area contributed by atoms with Crippen molar-refractivity contribution in [2.75, 3.05) is 5.32 Å². The first-order valence-electron chi connectivity index (χ1n) is 8.03. The maximum atomic E-state index is 12.5. The van der Waals surface area contributed by atoms with Gasteiger partial charge in [0.15, 0.2) is 0 Å². The lowest BCUT2D eigenvalue weighted by atomic mass is 9.67. The van der Waals surface area contributed by atoms with Crippen LogP contribution < -0.4 is 10.1 Å². The maximum absolute atomic E-state index is 12.5. The summed E-state index contributed by atoms with van der Waals surface area (Å²) in [6, 6.07) is 4.14. The Balaban J connectivity index is 1.65. The molecule has 0 spiro atoms. The van der Waals surface area contributed by atoms with Crippen molar-refractivity contribution < 1.29 is 23.1 Å². The lowest BCUT2D eigenvalue weighted by molar-refractivity contribution is -0.136. The molecule has 130 valence electrons. The maximum Gasteiger partial charge on any atom is 0.387 e. The Morgan fingerprint density at radius 1 is 1.25 bits per heavy atom. The SMILES string of the molecule is O=C(Nc1ccc(OC(F)F)c(Cl)c1)C1C[C@H]2CCC[C@H](C1)C2=O. The zero-order chi connectivity index (χ0) is 17.3. The number of benzene rings is 1. The molecule has 0 heterocycles. The molecule has 2 atom stereocenters. The Bertz CT molecular complexity index is 637. The van der Waals surface area contributed by atoms with Crippen molar-refractivity contribution in [2.24, 2.45) is 17.8 Å². The minimum Gasteiger partial charge on any atom is -0.433 e. The Hall–Kier alpha value is -1.69. The van der Waals surface area contributed by atoms with Crippen LogP contribution in [0.5, 0.6) is 5.75 Å². The molecule has 1 amide bonds. The second-order valence-corrected chi connectivity index (χ2v) is 6.82. The number of ketones is 1. The Morgan fingerprint density at radius 2 is 1.92 bits per heavy atom. The number of ether oxygens (including phenoxy) is 1. The van der Waals surface area contributed by atoms with Crippen molar-refractivity contribution >= 4 is 29.0 Å². The van der Waals surface area contributed by atoms with E-state index < -0.39 is 6.61 Å². The van der Waals surface area contributed by atoms with Crippen LogP contribution in [-0.4, -0.2) is 18.3 Å². The van der Waals surface area contributed by atoms with Crippen LogP contribution in [0.15, 0.2) is 18.2 Å². The molecule has 2 aliphatic carbocycles. The van der Waals surface area contributed by atoms with E-state index in [9.17, 15) is 18.4 Å². The number of hydrogen-bond acceptors (Lipinski definition) is 3. The molecule has 24 heavy (non-hydrogen) atoms. The number of nitrogens with one attached hydrogen (secondary N) is 1. The molecule has 4 nitrogen and oxygen atoms in total. The highest BCUT2D eigenvalue weighted by Crippen LogP contribution is 2.40. The molecule has 0 saturated heterocycles. The predicted octanol–water partition coefficient (Wildman–Crippen LogP) is 4.28. The summed E-state index contributed by atoms with van der Waals surface area (Å²) in [5.41, 5.74) is 0.425. The summed E-state index contributed by atoms with van der Waals surface area (Å²) in [5, 5.41) is 2.76. The standard InChI is InChI=1S/C17H18ClF2NO3/c18-13-8-12(4-5-14(13)24-17(19)20)21-16(23)11-6-9-2-1-3-10(7-11)15(9)22/h4-5,8-11,17H,1-3,6-7H2,(H,21,23)/t9-,10-/m1/s1. The minimum absolute atomic E-state index is 0.00124. The molecule has 2 aliphatic rings. The summed E-state index contributed by atoms with van der Waals surface area (Å²) in [6.45, 7) is -2.96. The first kappa shape index (κ1) is 17.1. The zero-order valence-electron chi connectivity index (χ0n) is 12.9. The van der Waals surface area contributed by atoms with Gasteiger partial charge in [-0.2, -0.15) is 8.78 Å². The molecule has 1 aromatic carbocycles. The van der Waals surface area contributed by atoms with Gasteiger partial charge in [0, 0.05) is 23.4 Å². The molecule has 2 saturated carbocycles. The summed E-state index contributed by atoms with van der Waals surface area (Å²) < 4.78 is 28.7. The Kier molecular flexibility index (Phi) is 5.04. The van der Waals surface area contributed by atoms with Gasteiger partial charge in [0.05, 0.1) is 5.02 Å². The van der Waals surface area contributed by atoms with E-state index >= 15 is 0 Å². The average Bonchev–Trinajstić information content (AvgIpc) is 2.49. The highest BCUT2D eigenvalue weighted by atomic mass is 35.5. The Labute approximate surface area is 143 Å². The summed E-state index contributed by atoms with van der Waals surface area (Å²) in [7, 11) is 0. The minimum atomic E-state index is -2.96. The smallest absolute Gasteiger partial charge is 0.387 e. The van der Waals surface area contributed by atoms with Crippen LogP contribution in [0.25, 0.3) is 0 Å². The van der Waals surface area contributed by atoms with Gasteiger partial charge in [-0.1, -0.05) is 18.0 Å². The van der Waals surface area contributed by atoms with E-state index in [1.807, 2.05) is 0 Å². The van der Waals surface area contributed by atoms with Crippen molar-refractivity contribution in [1.82, 2.24) is 0 Å². The van der Waals surface area contributed by atoms with Gasteiger partial charge in [0.1, 0.15) is 11.5 Å². The number of Topliss-reactive ketones (excluding diaryl/α,β-unsaturated/α-hetero) is 1. The van der Waals surface area contributed by atoms with Crippen molar-refractivity contribution in [3.63, 3.8) is 0 Å². The molecule has 2 fully saturated rings. The number of carbonyl (C=O) groups is 2. The molecule has 3 rings (SSSR count). The first-order valence-corrected chi connectivity index (χ1v) is 8.41. The van der Waals surface area contributed by atoms with Gasteiger partial charge in [-0.15, -0.1) is 0 Å². The molecule has 7 heteroatoms. The number of amides is 1. The van der Waals surface area contributed by atoms with Crippen LogP contribution in [0, 0.1) is 17.8 Å². The fourth-order valence-electron chi connectivity index (χ4n) is 3.71. The average molecular weight is 358 g/mol. The van der Waals surface area contributed by atoms with E-state index in [1.54, 1.807) is 0 Å². The fourth-order valence-corrected chi connectivity index (χ4v) is 3.93. The van der Waals surface area contributed by atoms with Gasteiger partial charge in [-0.25, -0.2) is 0 Å². The first-order chi connectivity index (χ1) is 11.4. The molecule has 0 aromatic heterocycles. The van der Waals surface area contributed by atoms with Crippen molar-refractivity contribution in [2.45, 2.75) is 38.7 Å². The third kappa shape index (κ3) is 3.69. The highest BCUT2D eigenvalue weighted by Gasteiger charge is 2.41. The fraction of sp³-hybridized carbons (Fsp3) is 0.529. The lowest BCUT2D eigenvalue weighted by Crippen LogP contribution is -2.40. The molecule has 1 aromatic rings. The summed E-state index contributed by atoms with van der Waals surface area (Å²) in [4.78, 5) is 24.5. The Morgan fingerprint density at radius 3 is 2.50 bits per heavy atom. The molecule has 1 N–H and O–H groups in total. The van der Waals surface area contributed by atoms with Crippen molar-refractivity contribution in [1.29, 1.82) is 0 Å². The topological polar surface area (TPSA) is 55.4 Å². The van der Waals surface area contributed by atoms with E-state index in [0.717, 1.165) is 19.3 Å². The van der Waals surface area contributed by atoms with Crippen LogP contribution in [0.2, 0.25) is 5.02 Å². The molecular formula is C17H18ClF2NO3. The van der Waals surface area contributed by atoms with Gasteiger partial charge in [0.2, 0.25) is 5.91 Å². The second-order valence-electron chi connectivity index (χ2n) is 6.41. The lowest BCUT2D eigenvalue weighted by Gasteiger charge is -2.36. The third-order valence-corrected chi connectivity index (χ3v) is 5.13. The number of rotatable bonds is 4. The van der Waals surface area contributed by atoms with Gasteiger partial charge >= 0.3 is 6.61 Å². The van der Waals surface area contributed by atoms with Crippen LogP contribution in [0.3, 0.4) is 0 Å². The largest absolute Gasteiger partial charge is 0.433 e. The number of hydrogen-bond donors (Lipinski definition) is 1. The number of carbonyl (C=O) groups excluding carboxylic acids is 2. The normalized spacial score (nSPS) is 26.3. The van der Waals surface area contributed by atoms with E-state index in [0.29, 0.717) is 24.3 Å². The number of halogens is 3. The van der Waals surface area contributed by atoms with Crippen LogP contribution in [0.4, 0.5) is 14.5 Å².